The van der Waals surface area contributed by atoms with Gasteiger partial charge in [-0.25, -0.2) is 0 Å². The summed E-state index contributed by atoms with van der Waals surface area (Å²) in [5.74, 6) is 0.669. The Morgan fingerprint density at radius 3 is 3.00 bits per heavy atom. The summed E-state index contributed by atoms with van der Waals surface area (Å²) in [5, 5.41) is 3.79. The second-order valence-corrected chi connectivity index (χ2v) is 3.46. The Morgan fingerprint density at radius 2 is 2.29 bits per heavy atom. The van der Waals surface area contributed by atoms with Gasteiger partial charge in [-0.3, -0.25) is 0 Å². The first-order chi connectivity index (χ1) is 6.86. The first-order valence-corrected chi connectivity index (χ1v) is 4.97. The molecule has 0 amide bonds. The largest absolute Gasteiger partial charge is 0.462 e. The molecule has 0 bridgehead atoms. The predicted molar refractivity (Wildman–Crippen MR) is 54.7 cm³/mol. The summed E-state index contributed by atoms with van der Waals surface area (Å²) in [7, 11) is 0. The molecule has 0 aliphatic carbocycles. The van der Waals surface area contributed by atoms with E-state index in [2.05, 4.69) is 5.32 Å². The van der Waals surface area contributed by atoms with Crippen LogP contribution in [0.25, 0.3) is 0 Å². The van der Waals surface area contributed by atoms with E-state index in [-0.39, 0.29) is 6.29 Å². The number of ether oxygens (including phenoxy) is 2. The van der Waals surface area contributed by atoms with Crippen LogP contribution in [-0.2, 0) is 4.74 Å². The number of benzene rings is 1. The highest BCUT2D eigenvalue weighted by Crippen LogP contribution is 2.24. The molecule has 1 saturated heterocycles. The highest BCUT2D eigenvalue weighted by molar-refractivity contribution is 6.32. The minimum absolute atomic E-state index is 0.233. The molecule has 1 aliphatic rings. The molecule has 1 unspecified atom stereocenters. The fourth-order valence-corrected chi connectivity index (χ4v) is 1.48. The highest BCUT2D eigenvalue weighted by atomic mass is 35.5. The van der Waals surface area contributed by atoms with Crippen molar-refractivity contribution >= 4 is 11.6 Å². The molecule has 1 atom stereocenters. The minimum atomic E-state index is -0.233. The van der Waals surface area contributed by atoms with Gasteiger partial charge in [0.25, 0.3) is 0 Å². The molecule has 0 spiro atoms. The van der Waals surface area contributed by atoms with Crippen molar-refractivity contribution in [2.45, 2.75) is 6.29 Å². The van der Waals surface area contributed by atoms with E-state index in [9.17, 15) is 0 Å². The van der Waals surface area contributed by atoms with Gasteiger partial charge in [-0.15, -0.1) is 0 Å². The molecule has 3 nitrogen and oxygen atoms in total. The van der Waals surface area contributed by atoms with Crippen LogP contribution in [0.4, 0.5) is 0 Å². The minimum Gasteiger partial charge on any atom is -0.462 e. The lowest BCUT2D eigenvalue weighted by molar-refractivity contribution is -0.0946. The van der Waals surface area contributed by atoms with Crippen LogP contribution in [0.1, 0.15) is 0 Å². The molecule has 4 heteroatoms. The van der Waals surface area contributed by atoms with E-state index in [1.54, 1.807) is 6.07 Å². The number of hydrogen-bond acceptors (Lipinski definition) is 3. The summed E-state index contributed by atoms with van der Waals surface area (Å²) in [4.78, 5) is 0. The molecule has 1 heterocycles. The van der Waals surface area contributed by atoms with E-state index >= 15 is 0 Å². The molecule has 14 heavy (non-hydrogen) atoms. The molecular formula is C10H12ClNO2. The summed E-state index contributed by atoms with van der Waals surface area (Å²) in [5.41, 5.74) is 0. The van der Waals surface area contributed by atoms with Crippen molar-refractivity contribution < 1.29 is 9.47 Å². The van der Waals surface area contributed by atoms with Crippen LogP contribution in [-0.4, -0.2) is 26.0 Å². The molecule has 0 aromatic heterocycles. The van der Waals surface area contributed by atoms with Gasteiger partial charge in [0.2, 0.25) is 6.29 Å². The Balaban J connectivity index is 1.99. The van der Waals surface area contributed by atoms with Crippen LogP contribution in [0.3, 0.4) is 0 Å². The maximum absolute atomic E-state index is 5.94. The van der Waals surface area contributed by atoms with Gasteiger partial charge < -0.3 is 14.8 Å². The Bertz CT molecular complexity index is 300. The van der Waals surface area contributed by atoms with Crippen LogP contribution in [0.15, 0.2) is 24.3 Å². The fraction of sp³-hybridized carbons (Fsp3) is 0.400. The summed E-state index contributed by atoms with van der Waals surface area (Å²) in [6.45, 7) is 2.25. The molecule has 1 fully saturated rings. The first kappa shape index (κ1) is 9.77. The number of halogens is 1. The molecule has 0 radical (unpaired) electrons. The van der Waals surface area contributed by atoms with Gasteiger partial charge in [0.1, 0.15) is 5.75 Å². The summed E-state index contributed by atoms with van der Waals surface area (Å²) >= 11 is 5.94. The van der Waals surface area contributed by atoms with Gasteiger partial charge in [-0.2, -0.15) is 0 Å². The molecule has 76 valence electrons. The van der Waals surface area contributed by atoms with Gasteiger partial charge >= 0.3 is 0 Å². The number of para-hydroxylation sites is 1. The summed E-state index contributed by atoms with van der Waals surface area (Å²) < 4.78 is 11.0. The van der Waals surface area contributed by atoms with Crippen LogP contribution in [0.2, 0.25) is 5.02 Å². The Morgan fingerprint density at radius 1 is 1.43 bits per heavy atom. The Kier molecular flexibility index (Phi) is 3.24. The second kappa shape index (κ2) is 4.64. The third-order valence-electron chi connectivity index (χ3n) is 1.99. The number of nitrogens with one attached hydrogen (secondary N) is 1. The predicted octanol–water partition coefficient (Wildman–Crippen LogP) is 1.66. The lowest BCUT2D eigenvalue weighted by Crippen LogP contribution is -2.41. The summed E-state index contributed by atoms with van der Waals surface area (Å²) in [6, 6.07) is 7.39. The summed E-state index contributed by atoms with van der Waals surface area (Å²) in [6.07, 6.45) is -0.233. The molecule has 2 rings (SSSR count). The fourth-order valence-electron chi connectivity index (χ4n) is 1.30. The van der Waals surface area contributed by atoms with Crippen LogP contribution in [0, 0.1) is 0 Å². The molecule has 1 aromatic rings. The van der Waals surface area contributed by atoms with Crippen molar-refractivity contribution in [3.63, 3.8) is 0 Å². The zero-order valence-corrected chi connectivity index (χ0v) is 8.46. The van der Waals surface area contributed by atoms with Crippen molar-refractivity contribution in [3.8, 4) is 5.75 Å². The van der Waals surface area contributed by atoms with Crippen molar-refractivity contribution in [1.82, 2.24) is 5.32 Å². The maximum Gasteiger partial charge on any atom is 0.212 e. The van der Waals surface area contributed by atoms with E-state index in [1.807, 2.05) is 18.2 Å². The van der Waals surface area contributed by atoms with Gasteiger partial charge in [0, 0.05) is 6.54 Å². The van der Waals surface area contributed by atoms with E-state index in [0.29, 0.717) is 23.9 Å². The third kappa shape index (κ3) is 2.38. The first-order valence-electron chi connectivity index (χ1n) is 4.60. The number of hydrogen-bond donors (Lipinski definition) is 1. The number of morpholine rings is 1. The normalized spacial score (nSPS) is 21.9. The van der Waals surface area contributed by atoms with E-state index in [0.717, 1.165) is 6.54 Å². The zero-order chi connectivity index (χ0) is 9.80. The maximum atomic E-state index is 5.94. The standard InChI is InChI=1S/C10H12ClNO2/c11-8-3-1-2-4-9(8)14-10-7-12-5-6-13-10/h1-4,10,12H,5-7H2. The van der Waals surface area contributed by atoms with Crippen molar-refractivity contribution in [3.05, 3.63) is 29.3 Å². The van der Waals surface area contributed by atoms with Crippen molar-refractivity contribution in [2.75, 3.05) is 19.7 Å². The Hall–Kier alpha value is -0.770. The molecular weight excluding hydrogens is 202 g/mol. The molecule has 1 aromatic carbocycles. The monoisotopic (exact) mass is 213 g/mol. The lowest BCUT2D eigenvalue weighted by atomic mass is 10.3. The van der Waals surface area contributed by atoms with Crippen LogP contribution in [0.5, 0.6) is 5.75 Å². The average molecular weight is 214 g/mol. The highest BCUT2D eigenvalue weighted by Gasteiger charge is 2.15. The second-order valence-electron chi connectivity index (χ2n) is 3.05. The molecule has 1 N–H and O–H groups in total. The van der Waals surface area contributed by atoms with Gasteiger partial charge in [0.15, 0.2) is 0 Å². The number of rotatable bonds is 2. The molecule has 0 saturated carbocycles. The van der Waals surface area contributed by atoms with Crippen molar-refractivity contribution in [2.24, 2.45) is 0 Å². The average Bonchev–Trinajstić information content (AvgIpc) is 2.23. The van der Waals surface area contributed by atoms with Crippen LogP contribution >= 0.6 is 11.6 Å². The smallest absolute Gasteiger partial charge is 0.212 e. The molecule has 1 aliphatic heterocycles. The topological polar surface area (TPSA) is 30.5 Å². The van der Waals surface area contributed by atoms with Gasteiger partial charge in [-0.1, -0.05) is 23.7 Å². The Labute approximate surface area is 88.0 Å². The quantitative estimate of drug-likeness (QED) is 0.811. The third-order valence-corrected chi connectivity index (χ3v) is 2.30. The van der Waals surface area contributed by atoms with Crippen LogP contribution < -0.4 is 10.1 Å². The van der Waals surface area contributed by atoms with E-state index in [4.69, 9.17) is 21.1 Å². The van der Waals surface area contributed by atoms with E-state index in [1.165, 1.54) is 0 Å². The SMILES string of the molecule is Clc1ccccc1OC1CNCCO1. The van der Waals surface area contributed by atoms with Crippen molar-refractivity contribution in [1.29, 1.82) is 0 Å². The zero-order valence-electron chi connectivity index (χ0n) is 7.70. The van der Waals surface area contributed by atoms with Gasteiger partial charge in [-0.05, 0) is 12.1 Å². The van der Waals surface area contributed by atoms with E-state index < -0.39 is 0 Å². The lowest BCUT2D eigenvalue weighted by Gasteiger charge is -2.24. The van der Waals surface area contributed by atoms with Gasteiger partial charge in [0.05, 0.1) is 18.2 Å².